The van der Waals surface area contributed by atoms with Gasteiger partial charge in [0.1, 0.15) is 10.8 Å². The molecule has 1 aromatic carbocycles. The number of hydrogen-bond acceptors (Lipinski definition) is 8. The Morgan fingerprint density at radius 2 is 1.91 bits per heavy atom. The van der Waals surface area contributed by atoms with E-state index in [1.165, 1.54) is 35.9 Å². The molecule has 0 unspecified atom stereocenters. The number of rotatable bonds is 10. The average Bonchev–Trinajstić information content (AvgIpc) is 3.58. The fraction of sp³-hybridized carbons (Fsp3) is 0.440. The molecule has 1 saturated carbocycles. The molecule has 35 heavy (non-hydrogen) atoms. The Kier molecular flexibility index (Phi) is 8.46. The van der Waals surface area contributed by atoms with Gasteiger partial charge in [0.15, 0.2) is 11.0 Å². The van der Waals surface area contributed by atoms with Crippen LogP contribution < -0.4 is 10.1 Å². The minimum absolute atomic E-state index is 0.144. The minimum Gasteiger partial charge on any atom is -0.490 e. The van der Waals surface area contributed by atoms with Gasteiger partial charge in [-0.05, 0) is 76.8 Å². The number of ether oxygens (including phenoxy) is 2. The number of thiophene rings is 1. The van der Waals surface area contributed by atoms with E-state index >= 15 is 0 Å². The number of hydrogen-bond donors (Lipinski definition) is 1. The molecule has 2 heterocycles. The number of nitrogens with zero attached hydrogens (tertiary/aromatic N) is 3. The number of aromatic nitrogens is 3. The molecule has 2 aromatic heterocycles. The second kappa shape index (κ2) is 11.7. The molecular formula is C25H30N4O4S2. The van der Waals surface area contributed by atoms with Crippen molar-refractivity contribution < 1.29 is 19.1 Å². The lowest BCUT2D eigenvalue weighted by atomic mass is 10.2. The Balaban J connectivity index is 1.39. The van der Waals surface area contributed by atoms with Crippen molar-refractivity contribution in [3.8, 4) is 17.1 Å². The highest BCUT2D eigenvalue weighted by Gasteiger charge is 2.20. The third kappa shape index (κ3) is 6.24. The predicted molar refractivity (Wildman–Crippen MR) is 138 cm³/mol. The van der Waals surface area contributed by atoms with Gasteiger partial charge < -0.3 is 19.4 Å². The summed E-state index contributed by atoms with van der Waals surface area (Å²) in [5.74, 6) is 1.12. The number of esters is 1. The first-order valence-corrected chi connectivity index (χ1v) is 13.7. The number of amides is 1. The molecule has 0 atom stereocenters. The smallest absolute Gasteiger partial charge is 0.341 e. The summed E-state index contributed by atoms with van der Waals surface area (Å²) in [5, 5.41) is 12.7. The first-order chi connectivity index (χ1) is 17.0. The van der Waals surface area contributed by atoms with E-state index in [1.807, 2.05) is 42.7 Å². The van der Waals surface area contributed by atoms with Crippen molar-refractivity contribution >= 4 is 40.0 Å². The maximum atomic E-state index is 12.6. The zero-order valence-electron chi connectivity index (χ0n) is 20.2. The maximum absolute atomic E-state index is 12.6. The molecule has 0 spiro atoms. The number of benzene rings is 1. The van der Waals surface area contributed by atoms with Gasteiger partial charge in [0, 0.05) is 17.0 Å². The molecule has 1 fully saturated rings. The third-order valence-corrected chi connectivity index (χ3v) is 7.62. The quantitative estimate of drug-likeness (QED) is 0.279. The van der Waals surface area contributed by atoms with E-state index < -0.39 is 5.97 Å². The molecule has 186 valence electrons. The van der Waals surface area contributed by atoms with Gasteiger partial charge in [-0.3, -0.25) is 4.79 Å². The second-order valence-electron chi connectivity index (χ2n) is 8.26. The van der Waals surface area contributed by atoms with Gasteiger partial charge in [0.25, 0.3) is 0 Å². The molecule has 0 saturated heterocycles. The van der Waals surface area contributed by atoms with Crippen LogP contribution in [0.4, 0.5) is 5.00 Å². The Labute approximate surface area is 213 Å². The SMILES string of the molecule is CCOC(=O)c1cc(C)sc1NC(=O)CSc1nnc(-c2ccc(OC3CCCC3)cc2)n1CC. The van der Waals surface area contributed by atoms with Crippen LogP contribution in [0.3, 0.4) is 0 Å². The van der Waals surface area contributed by atoms with Gasteiger partial charge in [-0.25, -0.2) is 4.79 Å². The van der Waals surface area contributed by atoms with Gasteiger partial charge in [0.2, 0.25) is 5.91 Å². The standard InChI is InChI=1S/C25H30N4O4S2/c1-4-29-22(17-10-12-19(13-11-17)33-18-8-6-7-9-18)27-28-25(29)34-15-21(30)26-23-20(14-16(3)35-23)24(31)32-5-2/h10-14,18H,4-9,15H2,1-3H3,(H,26,30). The van der Waals surface area contributed by atoms with Gasteiger partial charge in [-0.15, -0.1) is 21.5 Å². The molecule has 1 amide bonds. The molecule has 1 N–H and O–H groups in total. The summed E-state index contributed by atoms with van der Waals surface area (Å²) < 4.78 is 13.1. The lowest BCUT2D eigenvalue weighted by molar-refractivity contribution is -0.113. The van der Waals surface area contributed by atoms with Crippen molar-refractivity contribution in [2.24, 2.45) is 0 Å². The number of carbonyl (C=O) groups is 2. The van der Waals surface area contributed by atoms with E-state index in [0.29, 0.717) is 28.4 Å². The van der Waals surface area contributed by atoms with Crippen LogP contribution in [0.25, 0.3) is 11.4 Å². The summed E-state index contributed by atoms with van der Waals surface area (Å²) in [6.45, 7) is 6.61. The van der Waals surface area contributed by atoms with Crippen LogP contribution in [0.2, 0.25) is 0 Å². The Morgan fingerprint density at radius 3 is 2.60 bits per heavy atom. The maximum Gasteiger partial charge on any atom is 0.341 e. The zero-order chi connectivity index (χ0) is 24.8. The third-order valence-electron chi connectivity index (χ3n) is 5.69. The molecule has 1 aliphatic rings. The molecule has 0 radical (unpaired) electrons. The van der Waals surface area contributed by atoms with Gasteiger partial charge in [-0.1, -0.05) is 11.8 Å². The molecule has 1 aliphatic carbocycles. The molecule has 4 rings (SSSR count). The highest BCUT2D eigenvalue weighted by Crippen LogP contribution is 2.30. The normalized spacial score (nSPS) is 13.7. The van der Waals surface area contributed by atoms with Crippen LogP contribution in [-0.2, 0) is 16.1 Å². The largest absolute Gasteiger partial charge is 0.490 e. The van der Waals surface area contributed by atoms with Crippen LogP contribution in [0.5, 0.6) is 5.75 Å². The highest BCUT2D eigenvalue weighted by atomic mass is 32.2. The topological polar surface area (TPSA) is 95.3 Å². The Morgan fingerprint density at radius 1 is 1.17 bits per heavy atom. The minimum atomic E-state index is -0.435. The number of thioether (sulfide) groups is 1. The number of nitrogens with one attached hydrogen (secondary N) is 1. The van der Waals surface area contributed by atoms with Crippen molar-refractivity contribution in [2.45, 2.75) is 64.3 Å². The summed E-state index contributed by atoms with van der Waals surface area (Å²) in [7, 11) is 0. The second-order valence-corrected chi connectivity index (χ2v) is 10.5. The lowest BCUT2D eigenvalue weighted by Crippen LogP contribution is -2.16. The highest BCUT2D eigenvalue weighted by molar-refractivity contribution is 7.99. The van der Waals surface area contributed by atoms with Gasteiger partial charge >= 0.3 is 5.97 Å². The zero-order valence-corrected chi connectivity index (χ0v) is 21.8. The lowest BCUT2D eigenvalue weighted by Gasteiger charge is -2.13. The Hall–Kier alpha value is -2.85. The van der Waals surface area contributed by atoms with Gasteiger partial charge in [0.05, 0.1) is 24.0 Å². The van der Waals surface area contributed by atoms with Crippen molar-refractivity contribution in [3.05, 3.63) is 40.8 Å². The number of carbonyl (C=O) groups excluding carboxylic acids is 2. The summed E-state index contributed by atoms with van der Waals surface area (Å²) in [6.07, 6.45) is 5.04. The molecule has 10 heteroatoms. The van der Waals surface area contributed by atoms with Crippen molar-refractivity contribution in [3.63, 3.8) is 0 Å². The first-order valence-electron chi connectivity index (χ1n) is 11.9. The molecule has 0 aliphatic heterocycles. The fourth-order valence-electron chi connectivity index (χ4n) is 4.04. The van der Waals surface area contributed by atoms with Crippen LogP contribution in [0.1, 0.15) is 54.8 Å². The summed E-state index contributed by atoms with van der Waals surface area (Å²) >= 11 is 2.66. The van der Waals surface area contributed by atoms with E-state index in [-0.39, 0.29) is 18.3 Å². The number of aryl methyl sites for hydroxylation is 1. The molecule has 8 nitrogen and oxygen atoms in total. The summed E-state index contributed by atoms with van der Waals surface area (Å²) in [5.41, 5.74) is 1.33. The van der Waals surface area contributed by atoms with Crippen LogP contribution in [0, 0.1) is 6.92 Å². The number of anilines is 1. The van der Waals surface area contributed by atoms with E-state index in [0.717, 1.165) is 34.9 Å². The van der Waals surface area contributed by atoms with Crippen molar-refractivity contribution in [1.29, 1.82) is 0 Å². The summed E-state index contributed by atoms with van der Waals surface area (Å²) in [6, 6.07) is 9.68. The molecular weight excluding hydrogens is 484 g/mol. The van der Waals surface area contributed by atoms with Crippen molar-refractivity contribution in [1.82, 2.24) is 14.8 Å². The molecule has 0 bridgehead atoms. The average molecular weight is 515 g/mol. The summed E-state index contributed by atoms with van der Waals surface area (Å²) in [4.78, 5) is 25.7. The van der Waals surface area contributed by atoms with Gasteiger partial charge in [-0.2, -0.15) is 0 Å². The van der Waals surface area contributed by atoms with Crippen LogP contribution in [-0.4, -0.2) is 45.1 Å². The predicted octanol–water partition coefficient (Wildman–Crippen LogP) is 5.56. The van der Waals surface area contributed by atoms with E-state index in [1.54, 1.807) is 13.0 Å². The van der Waals surface area contributed by atoms with Crippen LogP contribution >= 0.6 is 23.1 Å². The Bertz CT molecular complexity index is 1170. The van der Waals surface area contributed by atoms with Crippen molar-refractivity contribution in [2.75, 3.05) is 17.7 Å². The molecule has 3 aromatic rings. The van der Waals surface area contributed by atoms with E-state index in [4.69, 9.17) is 9.47 Å². The first kappa shape index (κ1) is 25.2. The van der Waals surface area contributed by atoms with Crippen LogP contribution in [0.15, 0.2) is 35.5 Å². The fourth-order valence-corrected chi connectivity index (χ4v) is 5.75. The monoisotopic (exact) mass is 514 g/mol. The van der Waals surface area contributed by atoms with E-state index in [9.17, 15) is 9.59 Å². The van der Waals surface area contributed by atoms with E-state index in [2.05, 4.69) is 15.5 Å².